The molecule has 1 aromatic carbocycles. The highest BCUT2D eigenvalue weighted by molar-refractivity contribution is 5.48. The molecule has 3 aliphatic rings. The van der Waals surface area contributed by atoms with Crippen molar-refractivity contribution in [3.63, 3.8) is 0 Å². The number of rotatable bonds is 4. The third-order valence-corrected chi connectivity index (χ3v) is 5.42. The highest BCUT2D eigenvalue weighted by Crippen LogP contribution is 2.37. The maximum atomic E-state index is 5.56. The minimum atomic E-state index is 0.352. The standard InChI is InChI=1S/C17H24N2O2/c1-19-14-5-6-15(19)8-12(7-14)9-18-10-13-3-2-4-16-17(13)21-11-20-16/h2-4,12,14-15,18H,5-11H2,1H3. The van der Waals surface area contributed by atoms with E-state index in [1.807, 2.05) is 12.1 Å². The molecule has 114 valence electrons. The highest BCUT2D eigenvalue weighted by Gasteiger charge is 2.37. The summed E-state index contributed by atoms with van der Waals surface area (Å²) in [5.41, 5.74) is 1.21. The molecule has 2 bridgehead atoms. The lowest BCUT2D eigenvalue weighted by molar-refractivity contribution is 0.132. The summed E-state index contributed by atoms with van der Waals surface area (Å²) in [5, 5.41) is 3.63. The van der Waals surface area contributed by atoms with Crippen LogP contribution in [0, 0.1) is 5.92 Å². The summed E-state index contributed by atoms with van der Waals surface area (Å²) in [7, 11) is 2.30. The van der Waals surface area contributed by atoms with Gasteiger partial charge >= 0.3 is 0 Å². The van der Waals surface area contributed by atoms with Crippen molar-refractivity contribution in [2.75, 3.05) is 20.4 Å². The Hall–Kier alpha value is -1.26. The van der Waals surface area contributed by atoms with Crippen molar-refractivity contribution in [2.24, 2.45) is 5.92 Å². The second-order valence-electron chi connectivity index (χ2n) is 6.67. The van der Waals surface area contributed by atoms with Crippen molar-refractivity contribution in [1.29, 1.82) is 0 Å². The van der Waals surface area contributed by atoms with Gasteiger partial charge < -0.3 is 19.7 Å². The van der Waals surface area contributed by atoms with E-state index in [0.29, 0.717) is 6.79 Å². The molecule has 0 aliphatic carbocycles. The van der Waals surface area contributed by atoms with Gasteiger partial charge in [0.25, 0.3) is 0 Å². The first-order chi connectivity index (χ1) is 10.3. The molecule has 3 heterocycles. The molecule has 2 atom stereocenters. The Balaban J connectivity index is 1.32. The van der Waals surface area contributed by atoms with Gasteiger partial charge in [0, 0.05) is 24.2 Å². The maximum Gasteiger partial charge on any atom is 0.231 e. The van der Waals surface area contributed by atoms with Gasteiger partial charge in [-0.15, -0.1) is 0 Å². The predicted molar refractivity (Wildman–Crippen MR) is 81.6 cm³/mol. The van der Waals surface area contributed by atoms with Crippen LogP contribution in [0.5, 0.6) is 11.5 Å². The summed E-state index contributed by atoms with van der Waals surface area (Å²) in [4.78, 5) is 2.60. The lowest BCUT2D eigenvalue weighted by atomic mass is 9.91. The molecule has 4 rings (SSSR count). The first-order valence-corrected chi connectivity index (χ1v) is 8.11. The average molecular weight is 288 g/mol. The number of nitrogens with zero attached hydrogens (tertiary/aromatic N) is 1. The Kier molecular flexibility index (Phi) is 3.51. The topological polar surface area (TPSA) is 33.7 Å². The Morgan fingerprint density at radius 1 is 1.19 bits per heavy atom. The molecule has 0 aromatic heterocycles. The van der Waals surface area contributed by atoms with Crippen LogP contribution in [0.4, 0.5) is 0 Å². The Morgan fingerprint density at radius 3 is 2.81 bits per heavy atom. The molecular formula is C17H24N2O2. The molecule has 4 nitrogen and oxygen atoms in total. The van der Waals surface area contributed by atoms with Crippen molar-refractivity contribution in [3.8, 4) is 11.5 Å². The van der Waals surface area contributed by atoms with Crippen LogP contribution >= 0.6 is 0 Å². The van der Waals surface area contributed by atoms with Crippen molar-refractivity contribution in [1.82, 2.24) is 10.2 Å². The number of para-hydroxylation sites is 1. The molecule has 0 saturated carbocycles. The van der Waals surface area contributed by atoms with E-state index in [1.54, 1.807) is 0 Å². The minimum absolute atomic E-state index is 0.352. The zero-order valence-corrected chi connectivity index (χ0v) is 12.7. The fourth-order valence-electron chi connectivity index (χ4n) is 4.23. The average Bonchev–Trinajstić information content (AvgIpc) is 3.02. The zero-order chi connectivity index (χ0) is 14.2. The summed E-state index contributed by atoms with van der Waals surface area (Å²) in [5.74, 6) is 2.63. The first-order valence-electron chi connectivity index (χ1n) is 8.11. The number of nitrogens with one attached hydrogen (secondary N) is 1. The van der Waals surface area contributed by atoms with Gasteiger partial charge in [-0.1, -0.05) is 12.1 Å². The number of piperidine rings is 1. The molecule has 0 radical (unpaired) electrons. The number of ether oxygens (including phenoxy) is 2. The molecule has 4 heteroatoms. The van der Waals surface area contributed by atoms with E-state index >= 15 is 0 Å². The summed E-state index contributed by atoms with van der Waals surface area (Å²) in [6.45, 7) is 2.34. The first kappa shape index (κ1) is 13.4. The Morgan fingerprint density at radius 2 is 2.00 bits per heavy atom. The monoisotopic (exact) mass is 288 g/mol. The normalized spacial score (nSPS) is 30.8. The molecule has 0 spiro atoms. The lowest BCUT2D eigenvalue weighted by Gasteiger charge is -2.36. The van der Waals surface area contributed by atoms with Gasteiger partial charge in [-0.2, -0.15) is 0 Å². The van der Waals surface area contributed by atoms with E-state index in [-0.39, 0.29) is 0 Å². The van der Waals surface area contributed by atoms with Gasteiger partial charge in [0.15, 0.2) is 11.5 Å². The van der Waals surface area contributed by atoms with Gasteiger partial charge in [-0.05, 0) is 51.3 Å². The number of fused-ring (bicyclic) bond motifs is 3. The second-order valence-corrected chi connectivity index (χ2v) is 6.67. The van der Waals surface area contributed by atoms with Crippen molar-refractivity contribution in [2.45, 2.75) is 44.3 Å². The van der Waals surface area contributed by atoms with Gasteiger partial charge in [-0.3, -0.25) is 0 Å². The molecule has 2 saturated heterocycles. The van der Waals surface area contributed by atoms with E-state index < -0.39 is 0 Å². The van der Waals surface area contributed by atoms with Crippen molar-refractivity contribution < 1.29 is 9.47 Å². The summed E-state index contributed by atoms with van der Waals surface area (Å²) in [6.07, 6.45) is 5.50. The predicted octanol–water partition coefficient (Wildman–Crippen LogP) is 2.38. The molecule has 21 heavy (non-hydrogen) atoms. The van der Waals surface area contributed by atoms with Crippen LogP contribution in [0.1, 0.15) is 31.2 Å². The molecule has 2 unspecified atom stereocenters. The smallest absolute Gasteiger partial charge is 0.231 e. The van der Waals surface area contributed by atoms with Gasteiger partial charge in [0.1, 0.15) is 0 Å². The van der Waals surface area contributed by atoms with Gasteiger partial charge in [0.05, 0.1) is 0 Å². The molecule has 1 aromatic rings. The van der Waals surface area contributed by atoms with E-state index in [0.717, 1.165) is 42.6 Å². The third kappa shape index (κ3) is 2.51. The quantitative estimate of drug-likeness (QED) is 0.922. The Labute approximate surface area is 126 Å². The van der Waals surface area contributed by atoms with E-state index in [4.69, 9.17) is 9.47 Å². The van der Waals surface area contributed by atoms with E-state index in [1.165, 1.54) is 31.2 Å². The lowest BCUT2D eigenvalue weighted by Crippen LogP contribution is -2.42. The molecule has 0 amide bonds. The summed E-state index contributed by atoms with van der Waals surface area (Å²) >= 11 is 0. The molecular weight excluding hydrogens is 264 g/mol. The van der Waals surface area contributed by atoms with Crippen LogP contribution in [-0.2, 0) is 6.54 Å². The fraction of sp³-hybridized carbons (Fsp3) is 0.647. The van der Waals surface area contributed by atoms with Crippen molar-refractivity contribution >= 4 is 0 Å². The number of hydrogen-bond acceptors (Lipinski definition) is 4. The van der Waals surface area contributed by atoms with Crippen LogP contribution < -0.4 is 14.8 Å². The van der Waals surface area contributed by atoms with Crippen molar-refractivity contribution in [3.05, 3.63) is 23.8 Å². The van der Waals surface area contributed by atoms with Crippen LogP contribution in [0.3, 0.4) is 0 Å². The van der Waals surface area contributed by atoms with Crippen LogP contribution in [-0.4, -0.2) is 37.4 Å². The molecule has 3 aliphatic heterocycles. The van der Waals surface area contributed by atoms with Crippen LogP contribution in [0.15, 0.2) is 18.2 Å². The van der Waals surface area contributed by atoms with E-state index in [9.17, 15) is 0 Å². The van der Waals surface area contributed by atoms with Crippen LogP contribution in [0.2, 0.25) is 0 Å². The van der Waals surface area contributed by atoms with E-state index in [2.05, 4.69) is 23.3 Å². The SMILES string of the molecule is CN1C2CCC1CC(CNCc1cccc3c1OCO3)C2. The van der Waals surface area contributed by atoms with Gasteiger partial charge in [0.2, 0.25) is 6.79 Å². The summed E-state index contributed by atoms with van der Waals surface area (Å²) < 4.78 is 11.0. The van der Waals surface area contributed by atoms with Gasteiger partial charge in [-0.25, -0.2) is 0 Å². The van der Waals surface area contributed by atoms with Crippen LogP contribution in [0.25, 0.3) is 0 Å². The number of benzene rings is 1. The highest BCUT2D eigenvalue weighted by atomic mass is 16.7. The molecule has 2 fully saturated rings. The largest absolute Gasteiger partial charge is 0.454 e. The molecule has 1 N–H and O–H groups in total. The fourth-order valence-corrected chi connectivity index (χ4v) is 4.23. The Bertz CT molecular complexity index is 506. The number of hydrogen-bond donors (Lipinski definition) is 1. The maximum absolute atomic E-state index is 5.56. The summed E-state index contributed by atoms with van der Waals surface area (Å²) in [6, 6.07) is 7.79. The zero-order valence-electron chi connectivity index (χ0n) is 12.7. The third-order valence-electron chi connectivity index (χ3n) is 5.42. The second kappa shape index (κ2) is 5.50. The minimum Gasteiger partial charge on any atom is -0.454 e.